The molecule has 2 aromatic carbocycles. The Kier molecular flexibility index (Phi) is 6.72. The molecule has 1 aliphatic rings. The van der Waals surface area contributed by atoms with Crippen LogP contribution in [0.1, 0.15) is 33.9 Å². The molecule has 0 aliphatic carbocycles. The minimum Gasteiger partial charge on any atom is -0.497 e. The number of aryl methyl sites for hydroxylation is 1. The molecule has 162 valence electrons. The first-order valence-corrected chi connectivity index (χ1v) is 11.3. The van der Waals surface area contributed by atoms with Crippen LogP contribution in [0.2, 0.25) is 0 Å². The number of aromatic nitrogens is 1. The number of carbonyl (C=O) groups is 1. The smallest absolute Gasteiger partial charge is 0.251 e. The average molecular weight is 438 g/mol. The molecule has 1 fully saturated rings. The number of carbonyl (C=O) groups excluding carboxylic acids is 1. The first kappa shape index (κ1) is 21.2. The summed E-state index contributed by atoms with van der Waals surface area (Å²) in [5, 5.41) is 6.19. The maximum Gasteiger partial charge on any atom is 0.251 e. The molecule has 1 N–H and O–H groups in total. The third kappa shape index (κ3) is 5.55. The van der Waals surface area contributed by atoms with Gasteiger partial charge in [0, 0.05) is 35.8 Å². The summed E-state index contributed by atoms with van der Waals surface area (Å²) in [7, 11) is 1.67. The zero-order valence-electron chi connectivity index (χ0n) is 17.8. The highest BCUT2D eigenvalue weighted by molar-refractivity contribution is 7.09. The van der Waals surface area contributed by atoms with Crippen molar-refractivity contribution in [1.82, 2.24) is 10.3 Å². The van der Waals surface area contributed by atoms with E-state index in [1.54, 1.807) is 24.5 Å². The molecule has 31 heavy (non-hydrogen) atoms. The summed E-state index contributed by atoms with van der Waals surface area (Å²) in [6.45, 7) is 4.20. The molecule has 1 saturated heterocycles. The minimum absolute atomic E-state index is 0.0575. The first-order valence-electron chi connectivity index (χ1n) is 10.4. The van der Waals surface area contributed by atoms with Gasteiger partial charge in [0.25, 0.3) is 5.91 Å². The molecule has 7 heteroatoms. The fraction of sp³-hybridized carbons (Fsp3) is 0.333. The Morgan fingerprint density at radius 1 is 1.16 bits per heavy atom. The highest BCUT2D eigenvalue weighted by Gasteiger charge is 2.21. The largest absolute Gasteiger partial charge is 0.497 e. The van der Waals surface area contributed by atoms with E-state index in [1.807, 2.05) is 42.6 Å². The van der Waals surface area contributed by atoms with Crippen molar-refractivity contribution in [3.8, 4) is 11.5 Å². The molecular formula is C24H27N3O3S. The van der Waals surface area contributed by atoms with Crippen LogP contribution in [0, 0.1) is 6.92 Å². The van der Waals surface area contributed by atoms with E-state index in [9.17, 15) is 4.79 Å². The van der Waals surface area contributed by atoms with Crippen LogP contribution in [-0.4, -0.2) is 37.1 Å². The van der Waals surface area contributed by atoms with Crippen molar-refractivity contribution in [2.24, 2.45) is 0 Å². The normalized spacial score (nSPS) is 14.3. The van der Waals surface area contributed by atoms with E-state index >= 15 is 0 Å². The van der Waals surface area contributed by atoms with Gasteiger partial charge in [-0.15, -0.1) is 11.3 Å². The number of amides is 1. The van der Waals surface area contributed by atoms with Gasteiger partial charge in [-0.2, -0.15) is 0 Å². The lowest BCUT2D eigenvalue weighted by Gasteiger charge is -2.34. The first-order chi connectivity index (χ1) is 15.1. The van der Waals surface area contributed by atoms with Crippen LogP contribution >= 0.6 is 11.3 Å². The average Bonchev–Trinajstić information content (AvgIpc) is 3.23. The third-order valence-electron chi connectivity index (χ3n) is 5.42. The van der Waals surface area contributed by atoms with Gasteiger partial charge in [0.2, 0.25) is 0 Å². The summed E-state index contributed by atoms with van der Waals surface area (Å²) >= 11 is 1.60. The standard InChI is InChI=1S/C24H27N3O3S/c1-17-25-20(16-31-17)15-30-23-5-3-4-18(14-23)24(28)26-19-10-12-27(13-11-19)21-6-8-22(29-2)9-7-21/h3-9,14,16,19H,10-13,15H2,1-2H3,(H,26,28). The Morgan fingerprint density at radius 2 is 1.94 bits per heavy atom. The van der Waals surface area contributed by atoms with Crippen molar-refractivity contribution in [3.63, 3.8) is 0 Å². The quantitative estimate of drug-likeness (QED) is 0.592. The number of nitrogens with zero attached hydrogens (tertiary/aromatic N) is 2. The number of hydrogen-bond acceptors (Lipinski definition) is 6. The van der Waals surface area contributed by atoms with Crippen LogP contribution in [0.5, 0.6) is 11.5 Å². The monoisotopic (exact) mass is 437 g/mol. The number of anilines is 1. The maximum absolute atomic E-state index is 12.8. The molecule has 1 aliphatic heterocycles. The summed E-state index contributed by atoms with van der Waals surface area (Å²) in [6, 6.07) is 15.6. The molecule has 0 radical (unpaired) electrons. The minimum atomic E-state index is -0.0575. The summed E-state index contributed by atoms with van der Waals surface area (Å²) in [6.07, 6.45) is 1.83. The Morgan fingerprint density at radius 3 is 2.61 bits per heavy atom. The van der Waals surface area contributed by atoms with Crippen molar-refractivity contribution in [2.45, 2.75) is 32.4 Å². The highest BCUT2D eigenvalue weighted by atomic mass is 32.1. The van der Waals surface area contributed by atoms with Crippen LogP contribution in [0.4, 0.5) is 5.69 Å². The topological polar surface area (TPSA) is 63.7 Å². The predicted molar refractivity (Wildman–Crippen MR) is 123 cm³/mol. The van der Waals surface area contributed by atoms with E-state index in [1.165, 1.54) is 5.69 Å². The van der Waals surface area contributed by atoms with Gasteiger partial charge in [0.15, 0.2) is 0 Å². The highest BCUT2D eigenvalue weighted by Crippen LogP contribution is 2.23. The summed E-state index contributed by atoms with van der Waals surface area (Å²) < 4.78 is 11.0. The van der Waals surface area contributed by atoms with Crippen LogP contribution in [0.3, 0.4) is 0 Å². The van der Waals surface area contributed by atoms with Crippen molar-refractivity contribution < 1.29 is 14.3 Å². The van der Waals surface area contributed by atoms with Gasteiger partial charge in [-0.05, 0) is 62.2 Å². The summed E-state index contributed by atoms with van der Waals surface area (Å²) in [5.74, 6) is 1.48. The van der Waals surface area contributed by atoms with Gasteiger partial charge in [-0.25, -0.2) is 4.98 Å². The van der Waals surface area contributed by atoms with E-state index in [0.717, 1.165) is 42.4 Å². The zero-order chi connectivity index (χ0) is 21.6. The lowest BCUT2D eigenvalue weighted by molar-refractivity contribution is 0.0930. The number of hydrogen-bond donors (Lipinski definition) is 1. The molecule has 0 unspecified atom stereocenters. The molecule has 6 nitrogen and oxygen atoms in total. The Labute approximate surface area is 186 Å². The molecule has 0 saturated carbocycles. The van der Waals surface area contributed by atoms with Crippen LogP contribution < -0.4 is 19.7 Å². The lowest BCUT2D eigenvalue weighted by Crippen LogP contribution is -2.44. The number of ether oxygens (including phenoxy) is 2. The lowest BCUT2D eigenvalue weighted by atomic mass is 10.0. The second-order valence-corrected chi connectivity index (χ2v) is 8.67. The maximum atomic E-state index is 12.8. The van der Waals surface area contributed by atoms with Crippen LogP contribution in [0.25, 0.3) is 0 Å². The molecule has 1 amide bonds. The van der Waals surface area contributed by atoms with E-state index < -0.39 is 0 Å². The summed E-state index contributed by atoms with van der Waals surface area (Å²) in [4.78, 5) is 19.5. The molecule has 2 heterocycles. The van der Waals surface area contributed by atoms with Gasteiger partial charge < -0.3 is 19.7 Å². The van der Waals surface area contributed by atoms with Gasteiger partial charge in [0.05, 0.1) is 17.8 Å². The van der Waals surface area contributed by atoms with Crippen molar-refractivity contribution in [1.29, 1.82) is 0 Å². The number of rotatable bonds is 7. The second-order valence-electron chi connectivity index (χ2n) is 7.61. The SMILES string of the molecule is COc1ccc(N2CCC(NC(=O)c3cccc(OCc4csc(C)n4)c3)CC2)cc1. The molecule has 0 atom stereocenters. The van der Waals surface area contributed by atoms with Gasteiger partial charge in [-0.1, -0.05) is 6.07 Å². The van der Waals surface area contributed by atoms with Crippen molar-refractivity contribution in [3.05, 3.63) is 70.2 Å². The van der Waals surface area contributed by atoms with Gasteiger partial charge in [-0.3, -0.25) is 4.79 Å². The number of benzene rings is 2. The Hall–Kier alpha value is -3.06. The Balaban J connectivity index is 1.28. The number of nitrogens with one attached hydrogen (secondary N) is 1. The van der Waals surface area contributed by atoms with E-state index in [-0.39, 0.29) is 11.9 Å². The number of piperidine rings is 1. The molecule has 3 aromatic rings. The third-order valence-corrected chi connectivity index (χ3v) is 6.24. The number of thiazole rings is 1. The van der Waals surface area contributed by atoms with Gasteiger partial charge in [0.1, 0.15) is 18.1 Å². The molecule has 1 aromatic heterocycles. The second kappa shape index (κ2) is 9.83. The predicted octanol–water partition coefficient (Wildman–Crippen LogP) is 4.44. The van der Waals surface area contributed by atoms with Crippen LogP contribution in [0.15, 0.2) is 53.9 Å². The number of methoxy groups -OCH3 is 1. The fourth-order valence-electron chi connectivity index (χ4n) is 3.70. The van der Waals surface area contributed by atoms with E-state index in [2.05, 4.69) is 27.3 Å². The van der Waals surface area contributed by atoms with E-state index in [4.69, 9.17) is 9.47 Å². The van der Waals surface area contributed by atoms with E-state index in [0.29, 0.717) is 17.9 Å². The fourth-order valence-corrected chi connectivity index (χ4v) is 4.30. The molecular weight excluding hydrogens is 410 g/mol. The molecule has 0 spiro atoms. The summed E-state index contributed by atoms with van der Waals surface area (Å²) in [5.41, 5.74) is 2.70. The molecule has 4 rings (SSSR count). The van der Waals surface area contributed by atoms with Crippen LogP contribution in [-0.2, 0) is 6.61 Å². The van der Waals surface area contributed by atoms with Gasteiger partial charge >= 0.3 is 0 Å². The van der Waals surface area contributed by atoms with Crippen molar-refractivity contribution in [2.75, 3.05) is 25.1 Å². The molecule has 0 bridgehead atoms. The van der Waals surface area contributed by atoms with Crippen molar-refractivity contribution >= 4 is 22.9 Å². The zero-order valence-corrected chi connectivity index (χ0v) is 18.7. The Bertz CT molecular complexity index is 1010.